The van der Waals surface area contributed by atoms with E-state index in [-0.39, 0.29) is 11.8 Å². The first-order valence-corrected chi connectivity index (χ1v) is 5.15. The highest BCUT2D eigenvalue weighted by atomic mass is 16.2. The number of nitrogens with zero attached hydrogens (tertiary/aromatic N) is 1. The molecule has 1 saturated heterocycles. The molecule has 1 fully saturated rings. The van der Waals surface area contributed by atoms with Gasteiger partial charge in [0.1, 0.15) is 0 Å². The van der Waals surface area contributed by atoms with Gasteiger partial charge in [-0.25, -0.2) is 0 Å². The van der Waals surface area contributed by atoms with Crippen LogP contribution in [-0.2, 0) is 11.2 Å². The van der Waals surface area contributed by atoms with Gasteiger partial charge in [-0.3, -0.25) is 4.79 Å². The number of hydrogen-bond donors (Lipinski definition) is 1. The summed E-state index contributed by atoms with van der Waals surface area (Å²) in [6.45, 7) is 1.49. The van der Waals surface area contributed by atoms with Gasteiger partial charge >= 0.3 is 0 Å². The molecule has 1 aromatic rings. The first-order chi connectivity index (χ1) is 7.29. The SMILES string of the molecule is C#CC1CC(=O)N(CCc2cc[nH]c2)C1. The van der Waals surface area contributed by atoms with E-state index in [1.54, 1.807) is 0 Å². The molecule has 2 heterocycles. The number of hydrogen-bond acceptors (Lipinski definition) is 1. The van der Waals surface area contributed by atoms with E-state index in [1.807, 2.05) is 23.4 Å². The average molecular weight is 202 g/mol. The van der Waals surface area contributed by atoms with Crippen molar-refractivity contribution in [3.63, 3.8) is 0 Å². The standard InChI is InChI=1S/C12H14N2O/c1-2-10-7-12(15)14(9-10)6-4-11-3-5-13-8-11/h1,3,5,8,10,13H,4,6-7,9H2. The van der Waals surface area contributed by atoms with Gasteiger partial charge in [0.2, 0.25) is 5.91 Å². The molecule has 78 valence electrons. The molecule has 0 saturated carbocycles. The molecule has 0 radical (unpaired) electrons. The number of terminal acetylenes is 1. The highest BCUT2D eigenvalue weighted by molar-refractivity contribution is 5.79. The van der Waals surface area contributed by atoms with Crippen LogP contribution < -0.4 is 0 Å². The maximum atomic E-state index is 11.5. The van der Waals surface area contributed by atoms with Gasteiger partial charge in [-0.2, -0.15) is 0 Å². The molecule has 3 heteroatoms. The lowest BCUT2D eigenvalue weighted by molar-refractivity contribution is -0.127. The molecule has 1 aromatic heterocycles. The molecule has 3 nitrogen and oxygen atoms in total. The fraction of sp³-hybridized carbons (Fsp3) is 0.417. The largest absolute Gasteiger partial charge is 0.367 e. The van der Waals surface area contributed by atoms with Crippen molar-refractivity contribution in [2.75, 3.05) is 13.1 Å². The van der Waals surface area contributed by atoms with Crippen molar-refractivity contribution in [3.8, 4) is 12.3 Å². The fourth-order valence-electron chi connectivity index (χ4n) is 1.88. The van der Waals surface area contributed by atoms with Gasteiger partial charge in [-0.05, 0) is 18.1 Å². The Bertz CT molecular complexity index is 375. The predicted molar refractivity (Wildman–Crippen MR) is 58.0 cm³/mol. The summed E-state index contributed by atoms with van der Waals surface area (Å²) in [5.41, 5.74) is 1.23. The van der Waals surface area contributed by atoms with Gasteiger partial charge in [0, 0.05) is 37.8 Å². The lowest BCUT2D eigenvalue weighted by Gasteiger charge is -2.14. The lowest BCUT2D eigenvalue weighted by atomic mass is 10.1. The van der Waals surface area contributed by atoms with Crippen LogP contribution in [0.1, 0.15) is 12.0 Å². The van der Waals surface area contributed by atoms with Gasteiger partial charge in [-0.15, -0.1) is 12.3 Å². The molecule has 0 aliphatic carbocycles. The molecule has 0 bridgehead atoms. The Morgan fingerprint density at radius 2 is 2.53 bits per heavy atom. The number of nitrogens with one attached hydrogen (secondary N) is 1. The average Bonchev–Trinajstić information content (AvgIpc) is 2.84. The van der Waals surface area contributed by atoms with Crippen molar-refractivity contribution in [3.05, 3.63) is 24.0 Å². The van der Waals surface area contributed by atoms with Crippen LogP contribution in [0.25, 0.3) is 0 Å². The van der Waals surface area contributed by atoms with E-state index >= 15 is 0 Å². The van der Waals surface area contributed by atoms with Crippen LogP contribution in [0, 0.1) is 18.3 Å². The molecule has 1 N–H and O–H groups in total. The number of carbonyl (C=O) groups excluding carboxylic acids is 1. The van der Waals surface area contributed by atoms with Crippen LogP contribution in [0.2, 0.25) is 0 Å². The highest BCUT2D eigenvalue weighted by Crippen LogP contribution is 2.16. The number of amides is 1. The van der Waals surface area contributed by atoms with E-state index in [1.165, 1.54) is 5.56 Å². The van der Waals surface area contributed by atoms with Gasteiger partial charge in [0.05, 0.1) is 0 Å². The van der Waals surface area contributed by atoms with Crippen LogP contribution in [0.3, 0.4) is 0 Å². The Morgan fingerprint density at radius 3 is 3.13 bits per heavy atom. The maximum absolute atomic E-state index is 11.5. The zero-order valence-electron chi connectivity index (χ0n) is 8.57. The number of aromatic amines is 1. The van der Waals surface area contributed by atoms with Gasteiger partial charge < -0.3 is 9.88 Å². The van der Waals surface area contributed by atoms with Gasteiger partial charge in [0.15, 0.2) is 0 Å². The van der Waals surface area contributed by atoms with E-state index in [0.717, 1.165) is 19.5 Å². The van der Waals surface area contributed by atoms with Crippen LogP contribution in [0.15, 0.2) is 18.5 Å². The monoisotopic (exact) mass is 202 g/mol. The number of aromatic nitrogens is 1. The minimum absolute atomic E-state index is 0.115. The third kappa shape index (κ3) is 2.21. The topological polar surface area (TPSA) is 36.1 Å². The van der Waals surface area contributed by atoms with Crippen LogP contribution in [0.5, 0.6) is 0 Å². The molecule has 1 amide bonds. The van der Waals surface area contributed by atoms with Crippen LogP contribution >= 0.6 is 0 Å². The Hall–Kier alpha value is -1.69. The van der Waals surface area contributed by atoms with Gasteiger partial charge in [0.25, 0.3) is 0 Å². The zero-order chi connectivity index (χ0) is 10.7. The van der Waals surface area contributed by atoms with E-state index in [4.69, 9.17) is 6.42 Å². The molecular formula is C12H14N2O. The molecule has 2 rings (SSSR count). The summed E-state index contributed by atoms with van der Waals surface area (Å²) < 4.78 is 0. The van der Waals surface area contributed by atoms with E-state index in [9.17, 15) is 4.79 Å². The summed E-state index contributed by atoms with van der Waals surface area (Å²) in [7, 11) is 0. The minimum atomic E-state index is 0.115. The molecule has 1 aliphatic rings. The summed E-state index contributed by atoms with van der Waals surface area (Å²) >= 11 is 0. The van der Waals surface area contributed by atoms with Gasteiger partial charge in [-0.1, -0.05) is 0 Å². The smallest absolute Gasteiger partial charge is 0.223 e. The Balaban J connectivity index is 1.86. The summed E-state index contributed by atoms with van der Waals surface area (Å²) in [5.74, 6) is 2.95. The fourth-order valence-corrected chi connectivity index (χ4v) is 1.88. The number of likely N-dealkylation sites (tertiary alicyclic amines) is 1. The number of H-pyrrole nitrogens is 1. The normalized spacial score (nSPS) is 20.6. The van der Waals surface area contributed by atoms with Crippen molar-refractivity contribution in [1.82, 2.24) is 9.88 Å². The zero-order valence-corrected chi connectivity index (χ0v) is 8.57. The Morgan fingerprint density at radius 1 is 1.67 bits per heavy atom. The summed E-state index contributed by atoms with van der Waals surface area (Å²) in [6.07, 6.45) is 10.6. The highest BCUT2D eigenvalue weighted by Gasteiger charge is 2.27. The van der Waals surface area contributed by atoms with Crippen molar-refractivity contribution in [2.45, 2.75) is 12.8 Å². The van der Waals surface area contributed by atoms with Crippen molar-refractivity contribution >= 4 is 5.91 Å². The maximum Gasteiger partial charge on any atom is 0.223 e. The van der Waals surface area contributed by atoms with Crippen molar-refractivity contribution in [1.29, 1.82) is 0 Å². The second-order valence-corrected chi connectivity index (χ2v) is 3.88. The second-order valence-electron chi connectivity index (χ2n) is 3.88. The van der Waals surface area contributed by atoms with E-state index in [0.29, 0.717) is 6.42 Å². The summed E-state index contributed by atoms with van der Waals surface area (Å²) in [5, 5.41) is 0. The second kappa shape index (κ2) is 4.22. The molecule has 1 unspecified atom stereocenters. The van der Waals surface area contributed by atoms with Crippen molar-refractivity contribution in [2.24, 2.45) is 5.92 Å². The Labute approximate surface area is 89.5 Å². The minimum Gasteiger partial charge on any atom is -0.367 e. The number of carbonyl (C=O) groups is 1. The Kier molecular flexibility index (Phi) is 2.77. The first-order valence-electron chi connectivity index (χ1n) is 5.15. The third-order valence-corrected chi connectivity index (χ3v) is 2.78. The number of rotatable bonds is 3. The van der Waals surface area contributed by atoms with E-state index < -0.39 is 0 Å². The third-order valence-electron chi connectivity index (χ3n) is 2.78. The lowest BCUT2D eigenvalue weighted by Crippen LogP contribution is -2.27. The van der Waals surface area contributed by atoms with Crippen LogP contribution in [-0.4, -0.2) is 28.9 Å². The molecular weight excluding hydrogens is 188 g/mol. The molecule has 1 aliphatic heterocycles. The summed E-state index contributed by atoms with van der Waals surface area (Å²) in [6, 6.07) is 2.03. The first kappa shape index (κ1) is 9.85. The predicted octanol–water partition coefficient (Wildman–Crippen LogP) is 1.04. The molecule has 15 heavy (non-hydrogen) atoms. The van der Waals surface area contributed by atoms with Crippen molar-refractivity contribution < 1.29 is 4.79 Å². The quantitative estimate of drug-likeness (QED) is 0.730. The molecule has 0 spiro atoms. The van der Waals surface area contributed by atoms with Crippen LogP contribution in [0.4, 0.5) is 0 Å². The summed E-state index contributed by atoms with van der Waals surface area (Å²) in [4.78, 5) is 16.4. The van der Waals surface area contributed by atoms with E-state index in [2.05, 4.69) is 10.9 Å². The molecule has 0 aromatic carbocycles. The molecule has 1 atom stereocenters.